The lowest BCUT2D eigenvalue weighted by molar-refractivity contribution is 0.0522. The van der Waals surface area contributed by atoms with Gasteiger partial charge in [0.15, 0.2) is 5.03 Å². The molecule has 9 heteroatoms. The number of hydrogen-bond acceptors (Lipinski definition) is 6. The van der Waals surface area contributed by atoms with Gasteiger partial charge in [-0.3, -0.25) is 9.82 Å². The van der Waals surface area contributed by atoms with Gasteiger partial charge in [0.1, 0.15) is 11.4 Å². The molecule has 3 aromatic rings. The second-order valence-electron chi connectivity index (χ2n) is 4.82. The number of nitrogens with one attached hydrogen (secondary N) is 2. The van der Waals surface area contributed by atoms with E-state index in [2.05, 4.69) is 19.9 Å². The van der Waals surface area contributed by atoms with Crippen molar-refractivity contribution < 1.29 is 17.9 Å². The third kappa shape index (κ3) is 2.93. The molecule has 0 saturated carbocycles. The van der Waals surface area contributed by atoms with E-state index in [4.69, 9.17) is 4.74 Å². The molecule has 0 aliphatic rings. The first-order valence-corrected chi connectivity index (χ1v) is 8.58. The molecule has 0 unspecified atom stereocenters. The van der Waals surface area contributed by atoms with Crippen LogP contribution < -0.4 is 4.72 Å². The number of aromatic nitrogens is 3. The van der Waals surface area contributed by atoms with E-state index in [1.165, 1.54) is 6.20 Å². The first kappa shape index (κ1) is 15.9. The Morgan fingerprint density at radius 3 is 2.88 bits per heavy atom. The number of fused-ring (bicyclic) bond motifs is 1. The minimum Gasteiger partial charge on any atom is -0.462 e. The number of carbonyl (C=O) groups excluding carboxylic acids is 1. The van der Waals surface area contributed by atoms with Crippen LogP contribution >= 0.6 is 0 Å². The Hall–Kier alpha value is -2.94. The summed E-state index contributed by atoms with van der Waals surface area (Å²) >= 11 is 0. The normalized spacial score (nSPS) is 11.4. The largest absolute Gasteiger partial charge is 0.462 e. The Labute approximate surface area is 137 Å². The fraction of sp³-hybridized carbons (Fsp3) is 0.133. The lowest BCUT2D eigenvalue weighted by Crippen LogP contribution is -2.18. The smallest absolute Gasteiger partial charge is 0.342 e. The number of carbonyl (C=O) groups is 1. The Morgan fingerprint density at radius 1 is 1.29 bits per heavy atom. The van der Waals surface area contributed by atoms with E-state index in [0.717, 1.165) is 11.6 Å². The standard InChI is InChI=1S/C15H14N4O4S/c1-2-23-15(20)12-9-17-18-14(12)24(21,22)19-13-11-6-4-3-5-10(11)7-8-16-13/h3-9H,2H2,1H3,(H,16,19)(H,17,18). The third-order valence-electron chi connectivity index (χ3n) is 3.27. The molecule has 0 amide bonds. The Kier molecular flexibility index (Phi) is 4.17. The summed E-state index contributed by atoms with van der Waals surface area (Å²) in [6, 6.07) is 8.98. The fourth-order valence-corrected chi connectivity index (χ4v) is 3.33. The molecule has 124 valence electrons. The van der Waals surface area contributed by atoms with Crippen LogP contribution in [0.4, 0.5) is 5.82 Å². The summed E-state index contributed by atoms with van der Waals surface area (Å²) in [5.41, 5.74) is -0.162. The molecule has 0 saturated heterocycles. The Bertz CT molecular complexity index is 992. The highest BCUT2D eigenvalue weighted by atomic mass is 32.2. The van der Waals surface area contributed by atoms with Crippen molar-refractivity contribution in [3.05, 3.63) is 48.3 Å². The summed E-state index contributed by atoms with van der Waals surface area (Å²) in [5, 5.41) is 7.06. The highest BCUT2D eigenvalue weighted by Gasteiger charge is 2.26. The molecule has 0 spiro atoms. The van der Waals surface area contributed by atoms with Gasteiger partial charge in [-0.05, 0) is 18.4 Å². The van der Waals surface area contributed by atoms with Gasteiger partial charge in [0.25, 0.3) is 10.0 Å². The predicted octanol–water partition coefficient (Wildman–Crippen LogP) is 1.94. The zero-order valence-corrected chi connectivity index (χ0v) is 13.5. The lowest BCUT2D eigenvalue weighted by Gasteiger charge is -2.09. The van der Waals surface area contributed by atoms with Gasteiger partial charge < -0.3 is 4.74 Å². The number of aromatic amines is 1. The molecule has 0 atom stereocenters. The van der Waals surface area contributed by atoms with Crippen molar-refractivity contribution in [3.63, 3.8) is 0 Å². The van der Waals surface area contributed by atoms with Crippen molar-refractivity contribution in [3.8, 4) is 0 Å². The van der Waals surface area contributed by atoms with Gasteiger partial charge in [-0.15, -0.1) is 0 Å². The molecular formula is C15H14N4O4S. The van der Waals surface area contributed by atoms with Crippen LogP contribution in [0, 0.1) is 0 Å². The lowest BCUT2D eigenvalue weighted by atomic mass is 10.2. The SMILES string of the molecule is CCOC(=O)c1cn[nH]c1S(=O)(=O)Nc1nccc2ccccc12. The van der Waals surface area contributed by atoms with E-state index in [-0.39, 0.29) is 23.0 Å². The topological polar surface area (TPSA) is 114 Å². The summed E-state index contributed by atoms with van der Waals surface area (Å²) in [6.07, 6.45) is 2.61. The van der Waals surface area contributed by atoms with E-state index in [1.807, 2.05) is 12.1 Å². The van der Waals surface area contributed by atoms with Gasteiger partial charge in [0.2, 0.25) is 0 Å². The molecule has 0 aliphatic heterocycles. The van der Waals surface area contributed by atoms with Crippen LogP contribution in [0.1, 0.15) is 17.3 Å². The summed E-state index contributed by atoms with van der Waals surface area (Å²) in [6.45, 7) is 1.76. The number of H-pyrrole nitrogens is 1. The van der Waals surface area contributed by atoms with Gasteiger partial charge >= 0.3 is 5.97 Å². The number of rotatable bonds is 5. The van der Waals surface area contributed by atoms with Crippen LogP contribution in [-0.4, -0.2) is 36.2 Å². The number of benzene rings is 1. The van der Waals surface area contributed by atoms with E-state index in [0.29, 0.717) is 5.39 Å². The van der Waals surface area contributed by atoms with Gasteiger partial charge in [-0.2, -0.15) is 13.5 Å². The van der Waals surface area contributed by atoms with Crippen LogP contribution in [0.5, 0.6) is 0 Å². The van der Waals surface area contributed by atoms with Crippen LogP contribution in [-0.2, 0) is 14.8 Å². The maximum atomic E-state index is 12.6. The second kappa shape index (κ2) is 6.28. The van der Waals surface area contributed by atoms with E-state index in [1.54, 1.807) is 25.1 Å². The number of anilines is 1. The molecular weight excluding hydrogens is 332 g/mol. The van der Waals surface area contributed by atoms with Gasteiger partial charge in [0, 0.05) is 11.6 Å². The first-order chi connectivity index (χ1) is 11.5. The zero-order valence-electron chi connectivity index (χ0n) is 12.7. The van der Waals surface area contributed by atoms with Crippen LogP contribution in [0.15, 0.2) is 47.8 Å². The average molecular weight is 346 g/mol. The Balaban J connectivity index is 2.00. The van der Waals surface area contributed by atoms with Crippen molar-refractivity contribution in [2.24, 2.45) is 0 Å². The molecule has 3 rings (SSSR count). The fourth-order valence-electron chi connectivity index (χ4n) is 2.21. The van der Waals surface area contributed by atoms with Crippen molar-refractivity contribution in [1.82, 2.24) is 15.2 Å². The van der Waals surface area contributed by atoms with Crippen molar-refractivity contribution >= 4 is 32.6 Å². The molecule has 1 aromatic carbocycles. The molecule has 2 aromatic heterocycles. The predicted molar refractivity (Wildman–Crippen MR) is 87.1 cm³/mol. The molecule has 2 heterocycles. The minimum atomic E-state index is -4.09. The van der Waals surface area contributed by atoms with Crippen LogP contribution in [0.2, 0.25) is 0 Å². The molecule has 0 fully saturated rings. The average Bonchev–Trinajstić information content (AvgIpc) is 3.06. The van der Waals surface area contributed by atoms with E-state index < -0.39 is 16.0 Å². The van der Waals surface area contributed by atoms with E-state index >= 15 is 0 Å². The molecule has 0 bridgehead atoms. The van der Waals surface area contributed by atoms with Crippen molar-refractivity contribution in [2.45, 2.75) is 11.9 Å². The van der Waals surface area contributed by atoms with Crippen molar-refractivity contribution in [2.75, 3.05) is 11.3 Å². The second-order valence-corrected chi connectivity index (χ2v) is 6.44. The minimum absolute atomic E-state index is 0.127. The maximum Gasteiger partial charge on any atom is 0.342 e. The van der Waals surface area contributed by atoms with Crippen LogP contribution in [0.25, 0.3) is 10.8 Å². The zero-order chi connectivity index (χ0) is 17.2. The van der Waals surface area contributed by atoms with Crippen LogP contribution in [0.3, 0.4) is 0 Å². The monoisotopic (exact) mass is 346 g/mol. The number of ether oxygens (including phenoxy) is 1. The highest BCUT2D eigenvalue weighted by Crippen LogP contribution is 2.24. The molecule has 0 aliphatic carbocycles. The molecule has 8 nitrogen and oxygen atoms in total. The third-order valence-corrected chi connectivity index (χ3v) is 4.58. The van der Waals surface area contributed by atoms with Gasteiger partial charge in [0.05, 0.1) is 12.8 Å². The summed E-state index contributed by atoms with van der Waals surface area (Å²) in [7, 11) is -4.09. The highest BCUT2D eigenvalue weighted by molar-refractivity contribution is 7.92. The number of nitrogens with zero attached hydrogens (tertiary/aromatic N) is 2. The summed E-state index contributed by atoms with van der Waals surface area (Å²) < 4.78 is 32.4. The quantitative estimate of drug-likeness (QED) is 0.682. The molecule has 0 radical (unpaired) electrons. The summed E-state index contributed by atoms with van der Waals surface area (Å²) in [4.78, 5) is 15.9. The van der Waals surface area contributed by atoms with Gasteiger partial charge in [-0.1, -0.05) is 24.3 Å². The number of hydrogen-bond donors (Lipinski definition) is 2. The van der Waals surface area contributed by atoms with Crippen molar-refractivity contribution in [1.29, 1.82) is 0 Å². The van der Waals surface area contributed by atoms with E-state index in [9.17, 15) is 13.2 Å². The number of esters is 1. The Morgan fingerprint density at radius 2 is 2.08 bits per heavy atom. The number of pyridine rings is 1. The number of sulfonamides is 1. The molecule has 2 N–H and O–H groups in total. The summed E-state index contributed by atoms with van der Waals surface area (Å²) in [5.74, 6) is -0.602. The van der Waals surface area contributed by atoms with Gasteiger partial charge in [-0.25, -0.2) is 9.78 Å². The first-order valence-electron chi connectivity index (χ1n) is 7.10. The maximum absolute atomic E-state index is 12.6. The molecule has 24 heavy (non-hydrogen) atoms.